The summed E-state index contributed by atoms with van der Waals surface area (Å²) in [4.78, 5) is 4.00. The molecule has 0 aliphatic rings. The number of nitrogens with zero attached hydrogens (tertiary/aromatic N) is 1. The molecule has 0 spiro atoms. The van der Waals surface area contributed by atoms with Gasteiger partial charge in [-0.05, 0) is 12.1 Å². The third kappa shape index (κ3) is 4.26. The molecule has 2 heteroatoms. The highest BCUT2D eigenvalue weighted by atomic mass is 14.9. The molecular formula is C12H14N2. The number of hydrogen-bond acceptors (Lipinski definition) is 2. The third-order valence-electron chi connectivity index (χ3n) is 1.58. The van der Waals surface area contributed by atoms with E-state index >= 15 is 0 Å². The second kappa shape index (κ2) is 6.66. The van der Waals surface area contributed by atoms with Crippen molar-refractivity contribution in [2.75, 3.05) is 11.9 Å². The Balaban J connectivity index is 2.25. The van der Waals surface area contributed by atoms with Gasteiger partial charge in [0.2, 0.25) is 0 Å². The summed E-state index contributed by atoms with van der Waals surface area (Å²) in [5, 5.41) is 3.21. The summed E-state index contributed by atoms with van der Waals surface area (Å²) < 4.78 is 0. The lowest BCUT2D eigenvalue weighted by molar-refractivity contribution is 1.27. The van der Waals surface area contributed by atoms with Crippen LogP contribution < -0.4 is 5.32 Å². The number of pyridine rings is 1. The molecule has 0 atom stereocenters. The fraction of sp³-hybridized carbons (Fsp3) is 0.0833. The Kier molecular flexibility index (Phi) is 4.88. The average Bonchev–Trinajstić information content (AvgIpc) is 2.25. The maximum absolute atomic E-state index is 4.00. The van der Waals surface area contributed by atoms with Gasteiger partial charge in [-0.1, -0.05) is 37.0 Å². The van der Waals surface area contributed by atoms with E-state index in [0.717, 1.165) is 12.2 Å². The van der Waals surface area contributed by atoms with Crippen LogP contribution in [0.2, 0.25) is 0 Å². The largest absolute Gasteiger partial charge is 0.380 e. The minimum atomic E-state index is 0.799. The molecule has 1 rings (SSSR count). The summed E-state index contributed by atoms with van der Waals surface area (Å²) in [6, 6.07) is 3.89. The lowest BCUT2D eigenvalue weighted by atomic mass is 10.4. The molecule has 72 valence electrons. The van der Waals surface area contributed by atoms with E-state index in [-0.39, 0.29) is 0 Å². The number of anilines is 1. The lowest BCUT2D eigenvalue weighted by Gasteiger charge is -2.00. The molecule has 0 aromatic carbocycles. The van der Waals surface area contributed by atoms with E-state index in [0.29, 0.717) is 0 Å². The summed E-state index contributed by atoms with van der Waals surface area (Å²) in [6.07, 6.45) is 13.1. The first kappa shape index (κ1) is 10.3. The second-order valence-corrected chi connectivity index (χ2v) is 2.67. The summed E-state index contributed by atoms with van der Waals surface area (Å²) in [7, 11) is 0. The molecule has 0 aliphatic heterocycles. The lowest BCUT2D eigenvalue weighted by Crippen LogP contribution is -1.97. The van der Waals surface area contributed by atoms with Gasteiger partial charge in [0.15, 0.2) is 0 Å². The van der Waals surface area contributed by atoms with Gasteiger partial charge in [-0.2, -0.15) is 0 Å². The molecule has 0 saturated heterocycles. The van der Waals surface area contributed by atoms with Gasteiger partial charge in [0.25, 0.3) is 0 Å². The zero-order valence-electron chi connectivity index (χ0n) is 8.06. The zero-order chi connectivity index (χ0) is 10.1. The average molecular weight is 186 g/mol. The second-order valence-electron chi connectivity index (χ2n) is 2.67. The SMILES string of the molecule is C=C/C=C\C=C/CNc1cccnc1. The summed E-state index contributed by atoms with van der Waals surface area (Å²) >= 11 is 0. The van der Waals surface area contributed by atoms with E-state index in [1.165, 1.54) is 0 Å². The van der Waals surface area contributed by atoms with Crippen molar-refractivity contribution < 1.29 is 0 Å². The van der Waals surface area contributed by atoms with Crippen LogP contribution >= 0.6 is 0 Å². The Morgan fingerprint density at radius 2 is 2.29 bits per heavy atom. The number of rotatable bonds is 5. The van der Waals surface area contributed by atoms with Gasteiger partial charge in [0.1, 0.15) is 0 Å². The predicted octanol–water partition coefficient (Wildman–Crippen LogP) is 2.79. The maximum Gasteiger partial charge on any atom is 0.0529 e. The van der Waals surface area contributed by atoms with E-state index in [2.05, 4.69) is 16.9 Å². The van der Waals surface area contributed by atoms with Gasteiger partial charge >= 0.3 is 0 Å². The molecule has 0 radical (unpaired) electrons. The zero-order valence-corrected chi connectivity index (χ0v) is 8.06. The molecule has 1 aromatic rings. The van der Waals surface area contributed by atoms with Crippen LogP contribution in [-0.2, 0) is 0 Å². The van der Waals surface area contributed by atoms with Gasteiger partial charge in [-0.3, -0.25) is 4.98 Å². The number of aromatic nitrogens is 1. The van der Waals surface area contributed by atoms with Crippen LogP contribution in [0.25, 0.3) is 0 Å². The first-order chi connectivity index (χ1) is 6.93. The quantitative estimate of drug-likeness (QED) is 0.715. The van der Waals surface area contributed by atoms with Crippen molar-refractivity contribution in [1.29, 1.82) is 0 Å². The van der Waals surface area contributed by atoms with Gasteiger partial charge < -0.3 is 5.32 Å². The Hall–Kier alpha value is -1.83. The smallest absolute Gasteiger partial charge is 0.0529 e. The molecule has 0 unspecified atom stereocenters. The summed E-state index contributed by atoms with van der Waals surface area (Å²) in [5.41, 5.74) is 1.03. The molecule has 1 aromatic heterocycles. The van der Waals surface area contributed by atoms with Crippen molar-refractivity contribution in [2.45, 2.75) is 0 Å². The van der Waals surface area contributed by atoms with E-state index < -0.39 is 0 Å². The highest BCUT2D eigenvalue weighted by Gasteiger charge is 1.84. The Morgan fingerprint density at radius 3 is 3.00 bits per heavy atom. The van der Waals surface area contributed by atoms with E-state index in [4.69, 9.17) is 0 Å². The molecular weight excluding hydrogens is 172 g/mol. The minimum absolute atomic E-state index is 0.799. The van der Waals surface area contributed by atoms with E-state index in [1.807, 2.05) is 36.4 Å². The van der Waals surface area contributed by atoms with Gasteiger partial charge in [-0.25, -0.2) is 0 Å². The number of allylic oxidation sites excluding steroid dienone is 4. The minimum Gasteiger partial charge on any atom is -0.380 e. The van der Waals surface area contributed by atoms with Crippen molar-refractivity contribution in [1.82, 2.24) is 4.98 Å². The molecule has 0 amide bonds. The van der Waals surface area contributed by atoms with Crippen LogP contribution in [0.4, 0.5) is 5.69 Å². The normalized spacial score (nSPS) is 10.9. The van der Waals surface area contributed by atoms with Crippen molar-refractivity contribution in [2.24, 2.45) is 0 Å². The molecule has 1 N–H and O–H groups in total. The molecule has 0 aliphatic carbocycles. The molecule has 0 bridgehead atoms. The highest BCUT2D eigenvalue weighted by Crippen LogP contribution is 2.01. The van der Waals surface area contributed by atoms with Crippen LogP contribution in [0.3, 0.4) is 0 Å². The molecule has 0 fully saturated rings. The van der Waals surface area contributed by atoms with Crippen molar-refractivity contribution in [3.63, 3.8) is 0 Å². The maximum atomic E-state index is 4.00. The van der Waals surface area contributed by atoms with Crippen LogP contribution in [0, 0.1) is 0 Å². The van der Waals surface area contributed by atoms with Crippen LogP contribution in [0.5, 0.6) is 0 Å². The van der Waals surface area contributed by atoms with E-state index in [1.54, 1.807) is 18.5 Å². The Labute approximate surface area is 84.7 Å². The van der Waals surface area contributed by atoms with Crippen molar-refractivity contribution in [3.05, 3.63) is 61.5 Å². The first-order valence-corrected chi connectivity index (χ1v) is 4.51. The topological polar surface area (TPSA) is 24.9 Å². The third-order valence-corrected chi connectivity index (χ3v) is 1.58. The fourth-order valence-corrected chi connectivity index (χ4v) is 0.933. The Morgan fingerprint density at radius 1 is 1.36 bits per heavy atom. The van der Waals surface area contributed by atoms with Crippen molar-refractivity contribution in [3.8, 4) is 0 Å². The number of hydrogen-bond donors (Lipinski definition) is 1. The highest BCUT2D eigenvalue weighted by molar-refractivity contribution is 5.40. The summed E-state index contributed by atoms with van der Waals surface area (Å²) in [6.45, 7) is 4.38. The van der Waals surface area contributed by atoms with Gasteiger partial charge in [-0.15, -0.1) is 0 Å². The molecule has 14 heavy (non-hydrogen) atoms. The van der Waals surface area contributed by atoms with Crippen molar-refractivity contribution >= 4 is 5.69 Å². The van der Waals surface area contributed by atoms with Gasteiger partial charge in [0, 0.05) is 18.9 Å². The van der Waals surface area contributed by atoms with Crippen LogP contribution in [0.15, 0.2) is 61.5 Å². The fourth-order valence-electron chi connectivity index (χ4n) is 0.933. The molecule has 2 nitrogen and oxygen atoms in total. The standard InChI is InChI=1S/C12H14N2/c1-2-3-4-5-6-10-14-12-8-7-9-13-11-12/h2-9,11,14H,1,10H2/b4-3-,6-5-. The Bertz CT molecular complexity index is 312. The monoisotopic (exact) mass is 186 g/mol. The first-order valence-electron chi connectivity index (χ1n) is 4.51. The predicted molar refractivity (Wildman–Crippen MR) is 61.2 cm³/mol. The van der Waals surface area contributed by atoms with E-state index in [9.17, 15) is 0 Å². The summed E-state index contributed by atoms with van der Waals surface area (Å²) in [5.74, 6) is 0. The van der Waals surface area contributed by atoms with Gasteiger partial charge in [0.05, 0.1) is 5.69 Å². The number of nitrogens with one attached hydrogen (secondary N) is 1. The molecule has 0 saturated carbocycles. The van der Waals surface area contributed by atoms with Crippen LogP contribution in [-0.4, -0.2) is 11.5 Å². The molecule has 1 heterocycles. The van der Waals surface area contributed by atoms with Crippen LogP contribution in [0.1, 0.15) is 0 Å².